The van der Waals surface area contributed by atoms with Gasteiger partial charge in [0.15, 0.2) is 0 Å². The molecule has 2 rings (SSSR count). The Morgan fingerprint density at radius 1 is 1.42 bits per heavy atom. The molecule has 106 valence electrons. The number of aromatic nitrogens is 1. The Morgan fingerprint density at radius 3 is 3.05 bits per heavy atom. The van der Waals surface area contributed by atoms with E-state index in [1.165, 1.54) is 12.8 Å². The summed E-state index contributed by atoms with van der Waals surface area (Å²) >= 11 is 0. The smallest absolute Gasteiger partial charge is 0.137 e. The number of hydrogen-bond acceptors (Lipinski definition) is 3. The summed E-state index contributed by atoms with van der Waals surface area (Å²) < 4.78 is 17.9. The van der Waals surface area contributed by atoms with Crippen molar-refractivity contribution in [2.24, 2.45) is 0 Å². The number of halogens is 1. The van der Waals surface area contributed by atoms with Gasteiger partial charge in [0, 0.05) is 12.2 Å². The number of hydrogen-bond donors (Lipinski definition) is 0. The highest BCUT2D eigenvalue weighted by Gasteiger charge is 2.21. The molecule has 1 aliphatic rings. The molecule has 1 aromatic heterocycles. The van der Waals surface area contributed by atoms with Crippen molar-refractivity contribution in [2.45, 2.75) is 38.1 Å². The third-order valence-electron chi connectivity index (χ3n) is 3.73. The lowest BCUT2D eigenvalue weighted by atomic mass is 10.1. The fraction of sp³-hybridized carbons (Fsp3) is 0.667. The number of pyridine rings is 1. The maximum atomic E-state index is 12.1. The Labute approximate surface area is 114 Å². The Bertz CT molecular complexity index is 386. The van der Waals surface area contributed by atoms with Crippen LogP contribution in [0.3, 0.4) is 0 Å². The van der Waals surface area contributed by atoms with Gasteiger partial charge in [0.1, 0.15) is 12.4 Å². The fourth-order valence-corrected chi connectivity index (χ4v) is 2.49. The molecule has 4 heteroatoms. The van der Waals surface area contributed by atoms with E-state index in [-0.39, 0.29) is 6.67 Å². The first-order valence-electron chi connectivity index (χ1n) is 7.12. The van der Waals surface area contributed by atoms with Crippen molar-refractivity contribution in [1.82, 2.24) is 9.88 Å². The van der Waals surface area contributed by atoms with Crippen LogP contribution in [0.5, 0.6) is 5.75 Å². The molecule has 1 saturated heterocycles. The molecule has 1 atom stereocenters. The normalized spacial score (nSPS) is 19.8. The number of likely N-dealkylation sites (tertiary alicyclic amines) is 1. The van der Waals surface area contributed by atoms with Crippen LogP contribution in [-0.2, 0) is 6.42 Å². The Kier molecular flexibility index (Phi) is 5.58. The lowest BCUT2D eigenvalue weighted by Gasteiger charge is -2.19. The summed E-state index contributed by atoms with van der Waals surface area (Å²) in [4.78, 5) is 6.54. The monoisotopic (exact) mass is 266 g/mol. The summed E-state index contributed by atoms with van der Waals surface area (Å²) in [5.74, 6) is 0.832. The Balaban J connectivity index is 1.81. The minimum absolute atomic E-state index is 0.238. The van der Waals surface area contributed by atoms with E-state index < -0.39 is 0 Å². The maximum Gasteiger partial charge on any atom is 0.137 e. The van der Waals surface area contributed by atoms with Crippen LogP contribution in [0.4, 0.5) is 4.39 Å². The Hall–Kier alpha value is -1.16. The van der Waals surface area contributed by atoms with Crippen molar-refractivity contribution in [3.63, 3.8) is 0 Å². The summed E-state index contributed by atoms with van der Waals surface area (Å²) in [6.45, 7) is 1.65. The average Bonchev–Trinajstić information content (AvgIpc) is 2.83. The second-order valence-corrected chi connectivity index (χ2v) is 5.26. The van der Waals surface area contributed by atoms with Crippen molar-refractivity contribution in [3.05, 3.63) is 24.0 Å². The molecule has 19 heavy (non-hydrogen) atoms. The molecule has 0 aliphatic carbocycles. The van der Waals surface area contributed by atoms with Gasteiger partial charge in [-0.3, -0.25) is 9.37 Å². The van der Waals surface area contributed by atoms with Gasteiger partial charge in [-0.2, -0.15) is 0 Å². The van der Waals surface area contributed by atoms with E-state index in [1.807, 2.05) is 12.3 Å². The molecule has 1 aliphatic heterocycles. The summed E-state index contributed by atoms with van der Waals surface area (Å²) in [5, 5.41) is 0. The molecule has 1 aromatic rings. The van der Waals surface area contributed by atoms with E-state index in [1.54, 1.807) is 6.20 Å². The summed E-state index contributed by atoms with van der Waals surface area (Å²) in [7, 11) is 2.15. The third kappa shape index (κ3) is 4.46. The number of aryl methyl sites for hydroxylation is 1. The van der Waals surface area contributed by atoms with E-state index in [0.717, 1.165) is 37.3 Å². The van der Waals surface area contributed by atoms with Crippen molar-refractivity contribution in [3.8, 4) is 5.75 Å². The number of likely N-dealkylation sites (N-methyl/N-ethyl adjacent to an activating group) is 1. The maximum absolute atomic E-state index is 12.1. The number of unbranched alkanes of at least 4 members (excludes halogenated alkanes) is 1. The standard InChI is InChI=1S/C15H23FN2O/c1-18-8-4-6-14(18)12-19-15-9-13(10-17-11-15)5-2-3-7-16/h9-11,14H,2-8,12H2,1H3. The van der Waals surface area contributed by atoms with Crippen LogP contribution < -0.4 is 4.74 Å². The minimum atomic E-state index is -0.238. The van der Waals surface area contributed by atoms with Gasteiger partial charge in [-0.15, -0.1) is 0 Å². The fourth-order valence-electron chi connectivity index (χ4n) is 2.49. The third-order valence-corrected chi connectivity index (χ3v) is 3.73. The molecule has 0 bridgehead atoms. The van der Waals surface area contributed by atoms with E-state index >= 15 is 0 Å². The molecule has 3 nitrogen and oxygen atoms in total. The second-order valence-electron chi connectivity index (χ2n) is 5.26. The van der Waals surface area contributed by atoms with Crippen LogP contribution in [0.2, 0.25) is 0 Å². The quantitative estimate of drug-likeness (QED) is 0.710. The molecular weight excluding hydrogens is 243 g/mol. The molecule has 0 amide bonds. The van der Waals surface area contributed by atoms with Crippen molar-refractivity contribution < 1.29 is 9.13 Å². The van der Waals surface area contributed by atoms with Crippen molar-refractivity contribution >= 4 is 0 Å². The first-order valence-corrected chi connectivity index (χ1v) is 7.12. The van der Waals surface area contributed by atoms with Crippen molar-refractivity contribution in [2.75, 3.05) is 26.9 Å². The Morgan fingerprint density at radius 2 is 2.32 bits per heavy atom. The first-order chi connectivity index (χ1) is 9.29. The van der Waals surface area contributed by atoms with Gasteiger partial charge >= 0.3 is 0 Å². The van der Waals surface area contributed by atoms with Gasteiger partial charge in [-0.1, -0.05) is 0 Å². The van der Waals surface area contributed by atoms with Gasteiger partial charge < -0.3 is 9.64 Å². The molecule has 0 N–H and O–H groups in total. The predicted octanol–water partition coefficient (Wildman–Crippen LogP) is 2.85. The van der Waals surface area contributed by atoms with E-state index in [2.05, 4.69) is 16.9 Å². The number of alkyl halides is 1. The van der Waals surface area contributed by atoms with Gasteiger partial charge in [0.05, 0.1) is 12.9 Å². The molecule has 0 saturated carbocycles. The summed E-state index contributed by atoms with van der Waals surface area (Å²) in [5.41, 5.74) is 1.13. The molecule has 1 unspecified atom stereocenters. The summed E-state index contributed by atoms with van der Waals surface area (Å²) in [6.07, 6.45) is 8.43. The lowest BCUT2D eigenvalue weighted by Crippen LogP contribution is -2.30. The first kappa shape index (κ1) is 14.3. The lowest BCUT2D eigenvalue weighted by molar-refractivity contribution is 0.197. The number of ether oxygens (including phenoxy) is 1. The molecule has 0 spiro atoms. The minimum Gasteiger partial charge on any atom is -0.490 e. The van der Waals surface area contributed by atoms with Gasteiger partial charge in [0.2, 0.25) is 0 Å². The number of rotatable bonds is 7. The molecular formula is C15H23FN2O. The van der Waals surface area contributed by atoms with Crippen LogP contribution in [0.15, 0.2) is 18.5 Å². The molecule has 1 fully saturated rings. The van der Waals surface area contributed by atoms with Gasteiger partial charge in [-0.25, -0.2) is 0 Å². The highest BCUT2D eigenvalue weighted by atomic mass is 19.1. The zero-order valence-electron chi connectivity index (χ0n) is 11.6. The van der Waals surface area contributed by atoms with Crippen LogP contribution in [0, 0.1) is 0 Å². The zero-order valence-corrected chi connectivity index (χ0v) is 11.6. The highest BCUT2D eigenvalue weighted by Crippen LogP contribution is 2.18. The van der Waals surface area contributed by atoms with Crippen LogP contribution in [-0.4, -0.2) is 42.8 Å². The second kappa shape index (κ2) is 7.43. The largest absolute Gasteiger partial charge is 0.490 e. The van der Waals surface area contributed by atoms with Crippen molar-refractivity contribution in [1.29, 1.82) is 0 Å². The van der Waals surface area contributed by atoms with E-state index in [0.29, 0.717) is 12.5 Å². The zero-order chi connectivity index (χ0) is 13.5. The number of nitrogens with zero attached hydrogens (tertiary/aromatic N) is 2. The van der Waals surface area contributed by atoms with Gasteiger partial charge in [0.25, 0.3) is 0 Å². The predicted molar refractivity (Wildman–Crippen MR) is 74.3 cm³/mol. The average molecular weight is 266 g/mol. The SMILES string of the molecule is CN1CCCC1COc1cncc(CCCCF)c1. The highest BCUT2D eigenvalue weighted by molar-refractivity contribution is 5.23. The van der Waals surface area contributed by atoms with Crippen LogP contribution in [0.1, 0.15) is 31.2 Å². The molecule has 0 aromatic carbocycles. The van der Waals surface area contributed by atoms with Gasteiger partial charge in [-0.05, 0) is 57.3 Å². The van der Waals surface area contributed by atoms with Crippen LogP contribution >= 0.6 is 0 Å². The van der Waals surface area contributed by atoms with Crippen LogP contribution in [0.25, 0.3) is 0 Å². The molecule has 2 heterocycles. The summed E-state index contributed by atoms with van der Waals surface area (Å²) in [6, 6.07) is 2.55. The van der Waals surface area contributed by atoms with E-state index in [4.69, 9.17) is 4.74 Å². The molecule has 0 radical (unpaired) electrons. The topological polar surface area (TPSA) is 25.4 Å². The van der Waals surface area contributed by atoms with E-state index in [9.17, 15) is 4.39 Å².